The molecular formula is C29H25N3O3S2. The molecule has 0 saturated carbocycles. The van der Waals surface area contributed by atoms with Crippen LogP contribution in [0.1, 0.15) is 39.4 Å². The molecule has 2 heterocycles. The number of hydrogen-bond acceptors (Lipinski definition) is 7. The molecule has 0 aliphatic carbocycles. The van der Waals surface area contributed by atoms with Gasteiger partial charge in [0.25, 0.3) is 5.78 Å². The molecule has 1 aromatic heterocycles. The number of amides is 1. The summed E-state index contributed by atoms with van der Waals surface area (Å²) in [7, 11) is 0. The van der Waals surface area contributed by atoms with Crippen LogP contribution in [-0.4, -0.2) is 27.0 Å². The summed E-state index contributed by atoms with van der Waals surface area (Å²) in [5.74, 6) is -0.941. The summed E-state index contributed by atoms with van der Waals surface area (Å²) in [5, 5.41) is 20.3. The van der Waals surface area contributed by atoms with Gasteiger partial charge in [0.15, 0.2) is 4.34 Å². The fourth-order valence-corrected chi connectivity index (χ4v) is 6.13. The summed E-state index contributed by atoms with van der Waals surface area (Å²) in [4.78, 5) is 28.2. The van der Waals surface area contributed by atoms with Crippen molar-refractivity contribution in [2.75, 3.05) is 4.90 Å². The second-order valence-electron chi connectivity index (χ2n) is 9.02. The largest absolute Gasteiger partial charge is 0.507 e. The number of hydrogen-bond donors (Lipinski definition) is 1. The first-order chi connectivity index (χ1) is 17.8. The van der Waals surface area contributed by atoms with Crippen LogP contribution in [0.4, 0.5) is 5.13 Å². The Morgan fingerprint density at radius 3 is 2.38 bits per heavy atom. The number of aryl methyl sites for hydroxylation is 3. The summed E-state index contributed by atoms with van der Waals surface area (Å²) in [5.41, 5.74) is 5.25. The monoisotopic (exact) mass is 527 g/mol. The number of thioether (sulfide) groups is 1. The number of benzene rings is 3. The van der Waals surface area contributed by atoms with Gasteiger partial charge >= 0.3 is 5.91 Å². The lowest BCUT2D eigenvalue weighted by atomic mass is 9.93. The zero-order valence-electron chi connectivity index (χ0n) is 20.6. The van der Waals surface area contributed by atoms with E-state index >= 15 is 0 Å². The molecule has 6 nitrogen and oxygen atoms in total. The van der Waals surface area contributed by atoms with E-state index in [1.54, 1.807) is 0 Å². The number of carbonyl (C=O) groups is 2. The van der Waals surface area contributed by atoms with Crippen LogP contribution in [0.3, 0.4) is 0 Å². The number of carbonyl (C=O) groups excluding carboxylic acids is 2. The molecule has 1 aliphatic heterocycles. The fourth-order valence-electron chi connectivity index (χ4n) is 4.31. The molecule has 1 atom stereocenters. The quantitative estimate of drug-likeness (QED) is 0.103. The second-order valence-corrected chi connectivity index (χ2v) is 11.2. The average Bonchev–Trinajstić information content (AvgIpc) is 3.47. The van der Waals surface area contributed by atoms with Gasteiger partial charge in [-0.1, -0.05) is 101 Å². The maximum Gasteiger partial charge on any atom is 0.301 e. The number of Topliss-reactive ketones (excluding diaryl/α,β-unsaturated/α-hetero) is 1. The number of ketones is 1. The van der Waals surface area contributed by atoms with E-state index in [2.05, 4.69) is 10.2 Å². The highest BCUT2D eigenvalue weighted by molar-refractivity contribution is 8.00. The molecule has 37 heavy (non-hydrogen) atoms. The Labute approximate surface area is 223 Å². The van der Waals surface area contributed by atoms with Crippen LogP contribution in [-0.2, 0) is 15.3 Å². The van der Waals surface area contributed by atoms with E-state index < -0.39 is 17.7 Å². The molecule has 1 unspecified atom stereocenters. The Bertz CT molecular complexity index is 1510. The number of nitrogens with zero attached hydrogens (tertiary/aromatic N) is 3. The van der Waals surface area contributed by atoms with Crippen molar-refractivity contribution < 1.29 is 14.7 Å². The number of anilines is 1. The average molecular weight is 528 g/mol. The fraction of sp³-hybridized carbons (Fsp3) is 0.172. The van der Waals surface area contributed by atoms with E-state index in [1.165, 1.54) is 28.0 Å². The Morgan fingerprint density at radius 2 is 1.65 bits per heavy atom. The molecule has 1 saturated heterocycles. The van der Waals surface area contributed by atoms with Gasteiger partial charge in [0, 0.05) is 11.3 Å². The second kappa shape index (κ2) is 10.3. The molecule has 0 radical (unpaired) electrons. The summed E-state index contributed by atoms with van der Waals surface area (Å²) < 4.78 is 0.693. The van der Waals surface area contributed by atoms with E-state index in [4.69, 9.17) is 0 Å². The molecule has 1 amide bonds. The van der Waals surface area contributed by atoms with E-state index in [-0.39, 0.29) is 11.3 Å². The van der Waals surface area contributed by atoms with Gasteiger partial charge < -0.3 is 5.11 Å². The lowest BCUT2D eigenvalue weighted by Gasteiger charge is -2.23. The third kappa shape index (κ3) is 4.95. The van der Waals surface area contributed by atoms with Gasteiger partial charge in [-0.3, -0.25) is 14.5 Å². The minimum Gasteiger partial charge on any atom is -0.507 e. The first kappa shape index (κ1) is 24.9. The third-order valence-electron chi connectivity index (χ3n) is 6.29. The van der Waals surface area contributed by atoms with Crippen molar-refractivity contribution in [3.8, 4) is 0 Å². The Morgan fingerprint density at radius 1 is 0.946 bits per heavy atom. The van der Waals surface area contributed by atoms with Crippen molar-refractivity contribution in [1.82, 2.24) is 10.2 Å². The zero-order chi connectivity index (χ0) is 26.1. The van der Waals surface area contributed by atoms with Gasteiger partial charge in [0.2, 0.25) is 5.13 Å². The molecule has 3 aromatic carbocycles. The van der Waals surface area contributed by atoms with Crippen molar-refractivity contribution in [2.45, 2.75) is 36.9 Å². The highest BCUT2D eigenvalue weighted by Crippen LogP contribution is 2.44. The number of aliphatic hydroxyl groups is 1. The van der Waals surface area contributed by atoms with Crippen molar-refractivity contribution in [2.24, 2.45) is 0 Å². The topological polar surface area (TPSA) is 83.4 Å². The van der Waals surface area contributed by atoms with Crippen molar-refractivity contribution in [1.29, 1.82) is 0 Å². The number of aromatic nitrogens is 2. The van der Waals surface area contributed by atoms with E-state index in [9.17, 15) is 14.7 Å². The Balaban J connectivity index is 1.58. The third-order valence-corrected chi connectivity index (χ3v) is 8.42. The van der Waals surface area contributed by atoms with Gasteiger partial charge in [-0.05, 0) is 43.5 Å². The normalized spacial score (nSPS) is 16.9. The summed E-state index contributed by atoms with van der Waals surface area (Å²) in [6, 6.07) is 22.5. The standard InChI is InChI=1S/C29H25N3O3S2/c1-17-10-13-21(14-11-17)24-23(25(33)22-15-18(2)9-12-19(22)3)26(34)27(35)32(24)28-30-31-29(37-28)36-16-20-7-5-4-6-8-20/h4-15,24,33H,16H2,1-3H3/b25-23+. The van der Waals surface area contributed by atoms with Crippen molar-refractivity contribution >= 4 is 45.7 Å². The maximum absolute atomic E-state index is 13.4. The molecule has 1 aliphatic rings. The molecule has 5 rings (SSSR count). The van der Waals surface area contributed by atoms with Crippen LogP contribution in [0.2, 0.25) is 0 Å². The highest BCUT2D eigenvalue weighted by Gasteiger charge is 2.48. The van der Waals surface area contributed by atoms with Gasteiger partial charge in [-0.15, -0.1) is 10.2 Å². The predicted molar refractivity (Wildman–Crippen MR) is 148 cm³/mol. The van der Waals surface area contributed by atoms with Crippen molar-refractivity contribution in [3.63, 3.8) is 0 Å². The smallest absolute Gasteiger partial charge is 0.301 e. The Hall–Kier alpha value is -3.75. The van der Waals surface area contributed by atoms with Crippen LogP contribution in [0.5, 0.6) is 0 Å². The van der Waals surface area contributed by atoms with Gasteiger partial charge in [0.05, 0.1) is 11.6 Å². The highest BCUT2D eigenvalue weighted by atomic mass is 32.2. The first-order valence-electron chi connectivity index (χ1n) is 11.8. The molecule has 0 bridgehead atoms. The molecule has 1 fully saturated rings. The summed E-state index contributed by atoms with van der Waals surface area (Å²) in [6.45, 7) is 5.76. The first-order valence-corrected chi connectivity index (χ1v) is 13.6. The van der Waals surface area contributed by atoms with Crippen LogP contribution in [0, 0.1) is 20.8 Å². The van der Waals surface area contributed by atoms with Crippen LogP contribution >= 0.6 is 23.1 Å². The Kier molecular flexibility index (Phi) is 6.95. The zero-order valence-corrected chi connectivity index (χ0v) is 22.3. The molecule has 8 heteroatoms. The van der Waals surface area contributed by atoms with Gasteiger partial charge in [0.1, 0.15) is 5.76 Å². The van der Waals surface area contributed by atoms with Gasteiger partial charge in [-0.2, -0.15) is 0 Å². The van der Waals surface area contributed by atoms with Crippen LogP contribution in [0.15, 0.2) is 82.7 Å². The van der Waals surface area contributed by atoms with Crippen LogP contribution < -0.4 is 4.90 Å². The minimum absolute atomic E-state index is 0.0521. The lowest BCUT2D eigenvalue weighted by molar-refractivity contribution is -0.132. The van der Waals surface area contributed by atoms with Crippen molar-refractivity contribution in [3.05, 3.63) is 112 Å². The van der Waals surface area contributed by atoms with Gasteiger partial charge in [-0.25, -0.2) is 0 Å². The summed E-state index contributed by atoms with van der Waals surface area (Å²) >= 11 is 2.78. The molecular weight excluding hydrogens is 502 g/mol. The minimum atomic E-state index is -0.819. The van der Waals surface area contributed by atoms with Crippen LogP contribution in [0.25, 0.3) is 5.76 Å². The molecule has 1 N–H and O–H groups in total. The predicted octanol–water partition coefficient (Wildman–Crippen LogP) is 6.38. The number of rotatable bonds is 6. The SMILES string of the molecule is Cc1ccc(C2/C(=C(\O)c3cc(C)ccc3C)C(=O)C(=O)N2c2nnc(SCc3ccccc3)s2)cc1. The molecule has 4 aromatic rings. The molecule has 0 spiro atoms. The van der Waals surface area contributed by atoms with E-state index in [0.29, 0.717) is 26.4 Å². The maximum atomic E-state index is 13.4. The summed E-state index contributed by atoms with van der Waals surface area (Å²) in [6.07, 6.45) is 0. The van der Waals surface area contributed by atoms with E-state index in [1.807, 2.05) is 93.6 Å². The number of aliphatic hydroxyl groups excluding tert-OH is 1. The molecule has 186 valence electrons. The van der Waals surface area contributed by atoms with E-state index in [0.717, 1.165) is 22.3 Å². The lowest BCUT2D eigenvalue weighted by Crippen LogP contribution is -2.29.